The zero-order chi connectivity index (χ0) is 32.8. The standard InChI is InChI=1S/C31H30F6N4O3S/c1-4-41-27(20-8-12-25(44-3)13-9-20)26(19-6-10-24(43-2)11-7-19)40-29(41)45-15-5-14-38-28(42)39-23-17-21(30(32,33)34)16-22(18-23)31(35,36)37/h6-13,16-18H,4-5,14-15H2,1-3H3,(H2,38,39,42). The molecule has 4 rings (SSSR count). The summed E-state index contributed by atoms with van der Waals surface area (Å²) in [6.07, 6.45) is -9.59. The van der Waals surface area contributed by atoms with E-state index in [1.165, 1.54) is 11.8 Å². The van der Waals surface area contributed by atoms with Crippen LogP contribution in [0.1, 0.15) is 24.5 Å². The van der Waals surface area contributed by atoms with E-state index in [0.717, 1.165) is 27.7 Å². The van der Waals surface area contributed by atoms with Crippen LogP contribution in [0.2, 0.25) is 0 Å². The van der Waals surface area contributed by atoms with Crippen molar-refractivity contribution in [1.29, 1.82) is 0 Å². The Morgan fingerprint density at radius 3 is 1.87 bits per heavy atom. The van der Waals surface area contributed by atoms with E-state index in [-0.39, 0.29) is 12.6 Å². The fourth-order valence-electron chi connectivity index (χ4n) is 4.47. The van der Waals surface area contributed by atoms with Gasteiger partial charge in [-0.2, -0.15) is 26.3 Å². The third kappa shape index (κ3) is 8.44. The molecule has 240 valence electrons. The van der Waals surface area contributed by atoms with Gasteiger partial charge in [-0.1, -0.05) is 11.8 Å². The summed E-state index contributed by atoms with van der Waals surface area (Å²) in [5.74, 6) is 1.94. The van der Waals surface area contributed by atoms with Crippen LogP contribution in [0.5, 0.6) is 11.5 Å². The molecule has 0 aliphatic rings. The Labute approximate surface area is 259 Å². The molecule has 7 nitrogen and oxygen atoms in total. The molecule has 0 fully saturated rings. The first-order valence-corrected chi connectivity index (χ1v) is 14.7. The Morgan fingerprint density at radius 1 is 0.844 bits per heavy atom. The predicted octanol–water partition coefficient (Wildman–Crippen LogP) is 8.60. The van der Waals surface area contributed by atoms with E-state index in [4.69, 9.17) is 14.5 Å². The van der Waals surface area contributed by atoms with Crippen LogP contribution in [-0.2, 0) is 18.9 Å². The van der Waals surface area contributed by atoms with Crippen molar-refractivity contribution in [2.45, 2.75) is 37.4 Å². The van der Waals surface area contributed by atoms with Gasteiger partial charge in [0.05, 0.1) is 36.7 Å². The third-order valence-electron chi connectivity index (χ3n) is 6.66. The molecule has 1 aromatic heterocycles. The average Bonchev–Trinajstić information content (AvgIpc) is 3.38. The first kappa shape index (κ1) is 33.6. The van der Waals surface area contributed by atoms with Crippen molar-refractivity contribution in [1.82, 2.24) is 14.9 Å². The van der Waals surface area contributed by atoms with Gasteiger partial charge in [0, 0.05) is 35.7 Å². The largest absolute Gasteiger partial charge is 0.497 e. The fourth-order valence-corrected chi connectivity index (χ4v) is 5.47. The number of benzene rings is 3. The van der Waals surface area contributed by atoms with E-state index in [1.54, 1.807) is 14.2 Å². The van der Waals surface area contributed by atoms with Crippen LogP contribution in [0.4, 0.5) is 36.8 Å². The Hall–Kier alpha value is -4.33. The molecule has 4 aromatic rings. The van der Waals surface area contributed by atoms with Crippen LogP contribution < -0.4 is 20.1 Å². The van der Waals surface area contributed by atoms with Crippen LogP contribution in [0.3, 0.4) is 0 Å². The van der Waals surface area contributed by atoms with Gasteiger partial charge in [0.2, 0.25) is 0 Å². The van der Waals surface area contributed by atoms with Crippen LogP contribution in [0, 0.1) is 0 Å². The zero-order valence-electron chi connectivity index (χ0n) is 24.5. The van der Waals surface area contributed by atoms with Gasteiger partial charge in [-0.05, 0) is 80.1 Å². The van der Waals surface area contributed by atoms with Crippen LogP contribution in [-0.4, -0.2) is 42.1 Å². The van der Waals surface area contributed by atoms with E-state index in [9.17, 15) is 31.1 Å². The van der Waals surface area contributed by atoms with Gasteiger partial charge in [-0.25, -0.2) is 9.78 Å². The van der Waals surface area contributed by atoms with E-state index in [1.807, 2.05) is 55.5 Å². The number of carbonyl (C=O) groups excluding carboxylic acids is 1. The number of carbonyl (C=O) groups is 1. The number of alkyl halides is 6. The number of anilines is 1. The molecule has 0 radical (unpaired) electrons. The van der Waals surface area contributed by atoms with E-state index in [0.29, 0.717) is 42.4 Å². The Kier molecular flexibility index (Phi) is 10.6. The highest BCUT2D eigenvalue weighted by Crippen LogP contribution is 2.39. The molecular formula is C31H30F6N4O3S. The number of hydrogen-bond acceptors (Lipinski definition) is 5. The number of aromatic nitrogens is 2. The van der Waals surface area contributed by atoms with Crippen molar-refractivity contribution in [2.24, 2.45) is 0 Å². The number of nitrogens with zero attached hydrogens (tertiary/aromatic N) is 2. The number of methoxy groups -OCH3 is 2. The maximum absolute atomic E-state index is 13.1. The molecule has 3 aromatic carbocycles. The molecule has 14 heteroatoms. The van der Waals surface area contributed by atoms with Crippen molar-refractivity contribution >= 4 is 23.5 Å². The van der Waals surface area contributed by atoms with E-state index >= 15 is 0 Å². The maximum atomic E-state index is 13.1. The Morgan fingerprint density at radius 2 is 1.38 bits per heavy atom. The molecule has 0 saturated carbocycles. The summed E-state index contributed by atoms with van der Waals surface area (Å²) >= 11 is 1.46. The van der Waals surface area contributed by atoms with Gasteiger partial charge in [0.15, 0.2) is 5.16 Å². The number of imidazole rings is 1. The normalized spacial score (nSPS) is 11.8. The van der Waals surface area contributed by atoms with Gasteiger partial charge in [-0.3, -0.25) is 0 Å². The molecule has 0 spiro atoms. The second-order valence-corrected chi connectivity index (χ2v) is 10.7. The van der Waals surface area contributed by atoms with Gasteiger partial charge in [-0.15, -0.1) is 0 Å². The van der Waals surface area contributed by atoms with Crippen LogP contribution >= 0.6 is 11.8 Å². The predicted molar refractivity (Wildman–Crippen MR) is 161 cm³/mol. The lowest BCUT2D eigenvalue weighted by atomic mass is 10.0. The highest BCUT2D eigenvalue weighted by atomic mass is 32.2. The number of amides is 2. The lowest BCUT2D eigenvalue weighted by molar-refractivity contribution is -0.143. The number of halogens is 6. The summed E-state index contributed by atoms with van der Waals surface area (Å²) in [6, 6.07) is 15.2. The Balaban J connectivity index is 1.45. The summed E-state index contributed by atoms with van der Waals surface area (Å²) in [6.45, 7) is 2.73. The van der Waals surface area contributed by atoms with Crippen molar-refractivity contribution in [2.75, 3.05) is 31.8 Å². The second-order valence-electron chi connectivity index (χ2n) is 9.67. The summed E-state index contributed by atoms with van der Waals surface area (Å²) in [7, 11) is 3.18. The van der Waals surface area contributed by atoms with Crippen LogP contribution in [0.15, 0.2) is 71.9 Å². The number of hydrogen-bond donors (Lipinski definition) is 2. The lowest BCUT2D eigenvalue weighted by Gasteiger charge is -2.15. The number of thioether (sulfide) groups is 1. The van der Waals surface area contributed by atoms with Crippen LogP contribution in [0.25, 0.3) is 22.5 Å². The molecule has 1 heterocycles. The molecular weight excluding hydrogens is 622 g/mol. The fraction of sp³-hybridized carbons (Fsp3) is 0.290. The summed E-state index contributed by atoms with van der Waals surface area (Å²) < 4.78 is 91.4. The van der Waals surface area contributed by atoms with Gasteiger partial charge in [0.25, 0.3) is 0 Å². The Bertz CT molecular complexity index is 1570. The first-order chi connectivity index (χ1) is 21.3. The van der Waals surface area contributed by atoms with Crippen molar-refractivity contribution < 1.29 is 40.6 Å². The lowest BCUT2D eigenvalue weighted by Crippen LogP contribution is -2.30. The summed E-state index contributed by atoms with van der Waals surface area (Å²) in [5.41, 5.74) is -0.154. The molecule has 45 heavy (non-hydrogen) atoms. The number of ether oxygens (including phenoxy) is 2. The number of urea groups is 1. The quantitative estimate of drug-likeness (QED) is 0.0965. The molecule has 0 unspecified atom stereocenters. The SMILES string of the molecule is CCn1c(SCCCNC(=O)Nc2cc(C(F)(F)F)cc(C(F)(F)F)c2)nc(-c2ccc(OC)cc2)c1-c1ccc(OC)cc1. The third-order valence-corrected chi connectivity index (χ3v) is 7.72. The summed E-state index contributed by atoms with van der Waals surface area (Å²) in [5, 5.41) is 5.28. The van der Waals surface area contributed by atoms with Gasteiger partial charge < -0.3 is 24.7 Å². The average molecular weight is 653 g/mol. The first-order valence-electron chi connectivity index (χ1n) is 13.7. The minimum Gasteiger partial charge on any atom is -0.497 e. The number of rotatable bonds is 11. The second kappa shape index (κ2) is 14.2. The zero-order valence-corrected chi connectivity index (χ0v) is 25.3. The summed E-state index contributed by atoms with van der Waals surface area (Å²) in [4.78, 5) is 17.2. The smallest absolute Gasteiger partial charge is 0.416 e. The highest BCUT2D eigenvalue weighted by Gasteiger charge is 2.37. The van der Waals surface area contributed by atoms with Crippen molar-refractivity contribution in [3.63, 3.8) is 0 Å². The van der Waals surface area contributed by atoms with Gasteiger partial charge >= 0.3 is 18.4 Å². The van der Waals surface area contributed by atoms with E-state index < -0.39 is 35.2 Å². The maximum Gasteiger partial charge on any atom is 0.416 e. The molecule has 0 aliphatic heterocycles. The topological polar surface area (TPSA) is 77.4 Å². The van der Waals surface area contributed by atoms with Crippen molar-refractivity contribution in [3.8, 4) is 34.0 Å². The molecule has 2 amide bonds. The van der Waals surface area contributed by atoms with E-state index in [2.05, 4.69) is 15.2 Å². The number of nitrogens with one attached hydrogen (secondary N) is 2. The molecule has 2 N–H and O–H groups in total. The molecule has 0 atom stereocenters. The minimum atomic E-state index is -5.02. The highest BCUT2D eigenvalue weighted by molar-refractivity contribution is 7.99. The van der Waals surface area contributed by atoms with Gasteiger partial charge in [0.1, 0.15) is 11.5 Å². The molecule has 0 bridgehead atoms. The molecule has 0 saturated heterocycles. The molecule has 0 aliphatic carbocycles. The minimum absolute atomic E-state index is 0.000604. The van der Waals surface area contributed by atoms with Crippen molar-refractivity contribution in [3.05, 3.63) is 77.9 Å². The monoisotopic (exact) mass is 652 g/mol.